The quantitative estimate of drug-likeness (QED) is 0.255. The van der Waals surface area contributed by atoms with Crippen molar-refractivity contribution in [3.05, 3.63) is 24.3 Å². The molecule has 0 rings (SSSR count). The second-order valence-electron chi connectivity index (χ2n) is 6.08. The minimum atomic E-state index is -0.669. The Morgan fingerprint density at radius 3 is 1.77 bits per heavy atom. The number of allylic oxidation sites excluding steroid dienone is 4. The van der Waals surface area contributed by atoms with Crippen LogP contribution in [0.5, 0.6) is 0 Å². The van der Waals surface area contributed by atoms with Crippen LogP contribution in [-0.4, -0.2) is 11.1 Å². The van der Waals surface area contributed by atoms with E-state index in [1.54, 1.807) is 0 Å². The molecule has 0 spiro atoms. The topological polar surface area (TPSA) is 37.3 Å². The van der Waals surface area contributed by atoms with Gasteiger partial charge in [0, 0.05) is 6.42 Å². The summed E-state index contributed by atoms with van der Waals surface area (Å²) in [4.78, 5) is 10.3. The van der Waals surface area contributed by atoms with Crippen molar-refractivity contribution in [1.82, 2.24) is 0 Å². The van der Waals surface area contributed by atoms with Crippen molar-refractivity contribution in [2.24, 2.45) is 0 Å². The summed E-state index contributed by atoms with van der Waals surface area (Å²) >= 11 is 0. The highest BCUT2D eigenvalue weighted by Gasteiger charge is 1.95. The Labute approximate surface area is 137 Å². The normalized spacial score (nSPS) is 11.7. The van der Waals surface area contributed by atoms with E-state index in [4.69, 9.17) is 5.11 Å². The molecule has 0 aromatic rings. The van der Waals surface area contributed by atoms with E-state index >= 15 is 0 Å². The zero-order chi connectivity index (χ0) is 16.3. The Bertz CT molecular complexity index is 292. The summed E-state index contributed by atoms with van der Waals surface area (Å²) in [6.45, 7) is 2.26. The summed E-state index contributed by atoms with van der Waals surface area (Å²) in [6, 6.07) is 0. The second-order valence-corrected chi connectivity index (χ2v) is 6.08. The van der Waals surface area contributed by atoms with Gasteiger partial charge in [0.25, 0.3) is 0 Å². The van der Waals surface area contributed by atoms with Gasteiger partial charge < -0.3 is 5.11 Å². The molecule has 0 heterocycles. The molecule has 0 fully saturated rings. The fourth-order valence-electron chi connectivity index (χ4n) is 2.44. The third-order valence-corrected chi connectivity index (χ3v) is 3.84. The van der Waals surface area contributed by atoms with Crippen LogP contribution in [0.15, 0.2) is 24.3 Å². The smallest absolute Gasteiger partial charge is 0.303 e. The predicted molar refractivity (Wildman–Crippen MR) is 96.2 cm³/mol. The van der Waals surface area contributed by atoms with Crippen molar-refractivity contribution < 1.29 is 9.90 Å². The van der Waals surface area contributed by atoms with Gasteiger partial charge in [-0.1, -0.05) is 76.2 Å². The summed E-state index contributed by atoms with van der Waals surface area (Å²) in [5, 5.41) is 8.52. The highest BCUT2D eigenvalue weighted by atomic mass is 16.4. The summed E-state index contributed by atoms with van der Waals surface area (Å²) in [5.41, 5.74) is 0. The first kappa shape index (κ1) is 20.9. The predicted octanol–water partition coefficient (Wildman–Crippen LogP) is 6.66. The SMILES string of the molecule is CCCCCCCC=CCC=CCCCCCCCC(=O)O. The maximum absolute atomic E-state index is 10.3. The van der Waals surface area contributed by atoms with Crippen LogP contribution in [0, 0.1) is 0 Å². The molecule has 0 aliphatic rings. The largest absolute Gasteiger partial charge is 0.481 e. The molecule has 0 aromatic carbocycles. The number of carbonyl (C=O) groups is 1. The molecule has 0 aromatic heterocycles. The van der Waals surface area contributed by atoms with Gasteiger partial charge in [0.05, 0.1) is 0 Å². The van der Waals surface area contributed by atoms with Gasteiger partial charge in [-0.2, -0.15) is 0 Å². The number of carboxylic acids is 1. The van der Waals surface area contributed by atoms with Crippen molar-refractivity contribution in [3.63, 3.8) is 0 Å². The maximum Gasteiger partial charge on any atom is 0.303 e. The first-order valence-electron chi connectivity index (χ1n) is 9.29. The van der Waals surface area contributed by atoms with Gasteiger partial charge in [0.1, 0.15) is 0 Å². The fraction of sp³-hybridized carbons (Fsp3) is 0.750. The van der Waals surface area contributed by atoms with E-state index in [9.17, 15) is 4.79 Å². The number of aliphatic carboxylic acids is 1. The van der Waals surface area contributed by atoms with Crippen molar-refractivity contribution in [2.45, 2.75) is 96.8 Å². The number of unbranched alkanes of at least 4 members (excludes halogenated alkanes) is 10. The number of carboxylic acid groups (broad SMARTS) is 1. The van der Waals surface area contributed by atoms with Gasteiger partial charge in [0.15, 0.2) is 0 Å². The van der Waals surface area contributed by atoms with Crippen LogP contribution >= 0.6 is 0 Å². The molecule has 0 amide bonds. The monoisotopic (exact) mass is 308 g/mol. The van der Waals surface area contributed by atoms with Gasteiger partial charge in [-0.15, -0.1) is 0 Å². The molecule has 0 aliphatic carbocycles. The van der Waals surface area contributed by atoms with Crippen LogP contribution in [0.1, 0.15) is 96.8 Å². The lowest BCUT2D eigenvalue weighted by Gasteiger charge is -1.98. The highest BCUT2D eigenvalue weighted by molar-refractivity contribution is 5.66. The van der Waals surface area contributed by atoms with Crippen LogP contribution in [0.25, 0.3) is 0 Å². The van der Waals surface area contributed by atoms with E-state index in [1.165, 1.54) is 57.8 Å². The molecule has 22 heavy (non-hydrogen) atoms. The molecule has 2 nitrogen and oxygen atoms in total. The molecule has 0 unspecified atom stereocenters. The Hall–Kier alpha value is -1.05. The molecule has 0 atom stereocenters. The zero-order valence-corrected chi connectivity index (χ0v) is 14.6. The van der Waals surface area contributed by atoms with E-state index in [2.05, 4.69) is 31.2 Å². The number of rotatable bonds is 16. The minimum Gasteiger partial charge on any atom is -0.481 e. The summed E-state index contributed by atoms with van der Waals surface area (Å²) in [5.74, 6) is -0.669. The second kappa shape index (κ2) is 18.0. The molecule has 1 N–H and O–H groups in total. The fourth-order valence-corrected chi connectivity index (χ4v) is 2.44. The molecule has 0 saturated carbocycles. The Morgan fingerprint density at radius 2 is 1.23 bits per heavy atom. The van der Waals surface area contributed by atoms with E-state index in [-0.39, 0.29) is 0 Å². The maximum atomic E-state index is 10.3. The van der Waals surface area contributed by atoms with Crippen molar-refractivity contribution in [1.29, 1.82) is 0 Å². The van der Waals surface area contributed by atoms with Crippen LogP contribution in [0.2, 0.25) is 0 Å². The van der Waals surface area contributed by atoms with Crippen LogP contribution in [-0.2, 0) is 4.79 Å². The van der Waals surface area contributed by atoms with E-state index in [0.717, 1.165) is 25.7 Å². The van der Waals surface area contributed by atoms with Crippen LogP contribution in [0.3, 0.4) is 0 Å². The van der Waals surface area contributed by atoms with E-state index in [0.29, 0.717) is 6.42 Å². The Kier molecular flexibility index (Phi) is 17.1. The van der Waals surface area contributed by atoms with Gasteiger partial charge in [-0.25, -0.2) is 0 Å². The molecule has 2 heteroatoms. The third kappa shape index (κ3) is 18.9. The number of hydrogen-bond acceptors (Lipinski definition) is 1. The molecule has 0 radical (unpaired) electrons. The standard InChI is InChI=1S/C20H36O2/c1-2-3-4-5-6-7-8-9-10-11-12-13-14-15-16-17-18-19-20(21)22/h8-9,11-12H,2-7,10,13-19H2,1H3,(H,21,22). The molecule has 128 valence electrons. The van der Waals surface area contributed by atoms with Gasteiger partial charge in [0.2, 0.25) is 0 Å². The first-order valence-corrected chi connectivity index (χ1v) is 9.29. The number of hydrogen-bond donors (Lipinski definition) is 1. The average Bonchev–Trinajstić information content (AvgIpc) is 2.50. The van der Waals surface area contributed by atoms with Crippen molar-refractivity contribution >= 4 is 5.97 Å². The first-order chi connectivity index (χ1) is 10.8. The summed E-state index contributed by atoms with van der Waals surface area (Å²) in [7, 11) is 0. The third-order valence-electron chi connectivity index (χ3n) is 3.84. The van der Waals surface area contributed by atoms with Crippen molar-refractivity contribution in [2.75, 3.05) is 0 Å². The zero-order valence-electron chi connectivity index (χ0n) is 14.6. The Morgan fingerprint density at radius 1 is 0.727 bits per heavy atom. The lowest BCUT2D eigenvalue weighted by molar-refractivity contribution is -0.137. The van der Waals surface area contributed by atoms with Crippen molar-refractivity contribution in [3.8, 4) is 0 Å². The lowest BCUT2D eigenvalue weighted by Crippen LogP contribution is -1.93. The van der Waals surface area contributed by atoms with E-state index < -0.39 is 5.97 Å². The molecule has 0 bridgehead atoms. The van der Waals surface area contributed by atoms with Crippen LogP contribution in [0.4, 0.5) is 0 Å². The summed E-state index contributed by atoms with van der Waals surface area (Å²) in [6.07, 6.45) is 25.2. The lowest BCUT2D eigenvalue weighted by atomic mass is 10.1. The summed E-state index contributed by atoms with van der Waals surface area (Å²) < 4.78 is 0. The van der Waals surface area contributed by atoms with Gasteiger partial charge in [-0.3, -0.25) is 4.79 Å². The minimum absolute atomic E-state index is 0.324. The molecule has 0 saturated heterocycles. The van der Waals surface area contributed by atoms with Gasteiger partial charge in [-0.05, 0) is 38.5 Å². The highest BCUT2D eigenvalue weighted by Crippen LogP contribution is 2.08. The van der Waals surface area contributed by atoms with Gasteiger partial charge >= 0.3 is 5.97 Å². The Balaban J connectivity index is 3.18. The molecular weight excluding hydrogens is 272 g/mol. The van der Waals surface area contributed by atoms with E-state index in [1.807, 2.05) is 0 Å². The van der Waals surface area contributed by atoms with Crippen LogP contribution < -0.4 is 0 Å². The molecular formula is C20H36O2. The average molecular weight is 309 g/mol. The molecule has 0 aliphatic heterocycles.